The lowest BCUT2D eigenvalue weighted by atomic mass is 10.0. The molecule has 0 spiro atoms. The van der Waals surface area contributed by atoms with Gasteiger partial charge >= 0.3 is 0 Å². The van der Waals surface area contributed by atoms with Gasteiger partial charge in [-0.15, -0.1) is 0 Å². The number of nitrogens with one attached hydrogen (secondary N) is 1. The zero-order chi connectivity index (χ0) is 12.0. The molecule has 0 aromatic heterocycles. The first kappa shape index (κ1) is 13.0. The van der Waals surface area contributed by atoms with E-state index in [0.717, 1.165) is 5.75 Å². The van der Waals surface area contributed by atoms with Gasteiger partial charge in [-0.1, -0.05) is 17.7 Å². The number of aryl methyl sites for hydroxylation is 1. The summed E-state index contributed by atoms with van der Waals surface area (Å²) in [6.45, 7) is 7.13. The van der Waals surface area contributed by atoms with Crippen LogP contribution in [-0.2, 0) is 4.74 Å². The van der Waals surface area contributed by atoms with Crippen LogP contribution in [0.4, 0.5) is 0 Å². The van der Waals surface area contributed by atoms with Gasteiger partial charge in [-0.3, -0.25) is 0 Å². The molecule has 0 heterocycles. The predicted octanol–water partition coefficient (Wildman–Crippen LogP) is 2.65. The first-order chi connectivity index (χ1) is 7.69. The van der Waals surface area contributed by atoms with E-state index in [0.29, 0.717) is 13.4 Å². The van der Waals surface area contributed by atoms with Crippen LogP contribution in [0.2, 0.25) is 0 Å². The summed E-state index contributed by atoms with van der Waals surface area (Å²) in [7, 11) is 1.94. The second-order valence-corrected chi connectivity index (χ2v) is 3.81. The van der Waals surface area contributed by atoms with E-state index in [1.165, 1.54) is 11.1 Å². The number of hydrogen-bond donors (Lipinski definition) is 1. The fourth-order valence-corrected chi connectivity index (χ4v) is 1.48. The van der Waals surface area contributed by atoms with E-state index in [4.69, 9.17) is 9.47 Å². The minimum atomic E-state index is 0.275. The third-order valence-electron chi connectivity index (χ3n) is 2.57. The Labute approximate surface area is 97.8 Å². The molecule has 0 aliphatic heterocycles. The van der Waals surface area contributed by atoms with E-state index in [2.05, 4.69) is 25.2 Å². The first-order valence-electron chi connectivity index (χ1n) is 5.67. The van der Waals surface area contributed by atoms with Gasteiger partial charge < -0.3 is 14.8 Å². The molecule has 0 bridgehead atoms. The van der Waals surface area contributed by atoms with E-state index in [9.17, 15) is 0 Å². The topological polar surface area (TPSA) is 30.5 Å². The minimum absolute atomic E-state index is 0.275. The largest absolute Gasteiger partial charge is 0.467 e. The molecule has 0 saturated carbocycles. The van der Waals surface area contributed by atoms with E-state index in [1.54, 1.807) is 0 Å². The van der Waals surface area contributed by atoms with Crippen molar-refractivity contribution in [1.82, 2.24) is 5.32 Å². The molecule has 0 fully saturated rings. The Balaban J connectivity index is 2.80. The van der Waals surface area contributed by atoms with Crippen molar-refractivity contribution < 1.29 is 9.47 Å². The van der Waals surface area contributed by atoms with Crippen molar-refractivity contribution in [2.24, 2.45) is 0 Å². The zero-order valence-corrected chi connectivity index (χ0v) is 10.5. The van der Waals surface area contributed by atoms with Crippen LogP contribution in [-0.4, -0.2) is 20.4 Å². The average molecular weight is 223 g/mol. The summed E-state index contributed by atoms with van der Waals surface area (Å²) >= 11 is 0. The highest BCUT2D eigenvalue weighted by Crippen LogP contribution is 2.26. The Morgan fingerprint density at radius 3 is 2.75 bits per heavy atom. The van der Waals surface area contributed by atoms with E-state index >= 15 is 0 Å². The molecule has 0 aliphatic carbocycles. The molecule has 1 aromatic carbocycles. The number of ether oxygens (including phenoxy) is 2. The van der Waals surface area contributed by atoms with Crippen LogP contribution in [0.25, 0.3) is 0 Å². The molecule has 1 atom stereocenters. The van der Waals surface area contributed by atoms with E-state index in [1.807, 2.05) is 26.1 Å². The van der Waals surface area contributed by atoms with Gasteiger partial charge in [-0.2, -0.15) is 0 Å². The molecule has 1 unspecified atom stereocenters. The first-order valence-corrected chi connectivity index (χ1v) is 5.67. The van der Waals surface area contributed by atoms with Crippen molar-refractivity contribution in [2.45, 2.75) is 26.8 Å². The lowest BCUT2D eigenvalue weighted by Crippen LogP contribution is -2.14. The molecule has 0 radical (unpaired) electrons. The molecule has 3 nitrogen and oxygen atoms in total. The molecule has 16 heavy (non-hydrogen) atoms. The Hall–Kier alpha value is -1.06. The maximum Gasteiger partial charge on any atom is 0.189 e. The van der Waals surface area contributed by atoms with Crippen LogP contribution in [0.5, 0.6) is 5.75 Å². The van der Waals surface area contributed by atoms with Gasteiger partial charge in [0.05, 0.1) is 0 Å². The van der Waals surface area contributed by atoms with Crippen LogP contribution < -0.4 is 10.1 Å². The van der Waals surface area contributed by atoms with Crippen molar-refractivity contribution in [3.63, 3.8) is 0 Å². The van der Waals surface area contributed by atoms with Crippen molar-refractivity contribution >= 4 is 0 Å². The Bertz CT molecular complexity index is 326. The fourth-order valence-electron chi connectivity index (χ4n) is 1.48. The van der Waals surface area contributed by atoms with Crippen LogP contribution in [0.15, 0.2) is 18.2 Å². The van der Waals surface area contributed by atoms with E-state index < -0.39 is 0 Å². The fraction of sp³-hybridized carbons (Fsp3) is 0.538. The van der Waals surface area contributed by atoms with Gasteiger partial charge in [0, 0.05) is 18.2 Å². The van der Waals surface area contributed by atoms with Gasteiger partial charge in [0.25, 0.3) is 0 Å². The lowest BCUT2D eigenvalue weighted by Gasteiger charge is -2.17. The molecular weight excluding hydrogens is 202 g/mol. The summed E-state index contributed by atoms with van der Waals surface area (Å²) in [5.41, 5.74) is 2.41. The van der Waals surface area contributed by atoms with Gasteiger partial charge in [0.1, 0.15) is 5.75 Å². The third-order valence-corrected chi connectivity index (χ3v) is 2.57. The van der Waals surface area contributed by atoms with Gasteiger partial charge in [0.2, 0.25) is 0 Å². The molecular formula is C13H21NO2. The summed E-state index contributed by atoms with van der Waals surface area (Å²) in [6, 6.07) is 6.46. The molecule has 1 aromatic rings. The smallest absolute Gasteiger partial charge is 0.189 e. The monoisotopic (exact) mass is 223 g/mol. The second-order valence-electron chi connectivity index (χ2n) is 3.81. The van der Waals surface area contributed by atoms with Crippen molar-refractivity contribution in [2.75, 3.05) is 20.4 Å². The normalized spacial score (nSPS) is 12.5. The average Bonchev–Trinajstić information content (AvgIpc) is 2.30. The number of rotatable bonds is 6. The summed E-state index contributed by atoms with van der Waals surface area (Å²) < 4.78 is 10.8. The second kappa shape index (κ2) is 6.51. The Morgan fingerprint density at radius 1 is 1.38 bits per heavy atom. The highest BCUT2D eigenvalue weighted by atomic mass is 16.7. The SMILES string of the molecule is CCOCOc1ccc(C)cc1C(C)NC. The lowest BCUT2D eigenvalue weighted by molar-refractivity contribution is 0.0216. The standard InChI is InChI=1S/C13H21NO2/c1-5-15-9-16-13-7-6-10(2)8-12(13)11(3)14-4/h6-8,11,14H,5,9H2,1-4H3. The Morgan fingerprint density at radius 2 is 2.12 bits per heavy atom. The molecule has 1 rings (SSSR count). The maximum absolute atomic E-state index is 5.59. The summed E-state index contributed by atoms with van der Waals surface area (Å²) in [5.74, 6) is 0.890. The van der Waals surface area contributed by atoms with Crippen LogP contribution in [0, 0.1) is 6.92 Å². The number of hydrogen-bond acceptors (Lipinski definition) is 3. The molecule has 1 N–H and O–H groups in total. The van der Waals surface area contributed by atoms with Gasteiger partial charge in [-0.05, 0) is 33.9 Å². The highest BCUT2D eigenvalue weighted by molar-refractivity contribution is 5.38. The molecule has 0 saturated heterocycles. The molecule has 0 amide bonds. The molecule has 90 valence electrons. The predicted molar refractivity (Wildman–Crippen MR) is 65.8 cm³/mol. The van der Waals surface area contributed by atoms with Crippen LogP contribution in [0.1, 0.15) is 31.0 Å². The molecule has 3 heteroatoms. The van der Waals surface area contributed by atoms with Crippen molar-refractivity contribution in [3.05, 3.63) is 29.3 Å². The van der Waals surface area contributed by atoms with Gasteiger partial charge in [-0.25, -0.2) is 0 Å². The summed E-state index contributed by atoms with van der Waals surface area (Å²) in [6.07, 6.45) is 0. The van der Waals surface area contributed by atoms with Crippen molar-refractivity contribution in [3.8, 4) is 5.75 Å². The van der Waals surface area contributed by atoms with E-state index in [-0.39, 0.29) is 6.04 Å². The quantitative estimate of drug-likeness (QED) is 0.594. The van der Waals surface area contributed by atoms with Gasteiger partial charge in [0.15, 0.2) is 6.79 Å². The van der Waals surface area contributed by atoms with Crippen LogP contribution in [0.3, 0.4) is 0 Å². The highest BCUT2D eigenvalue weighted by Gasteiger charge is 2.10. The van der Waals surface area contributed by atoms with Crippen molar-refractivity contribution in [1.29, 1.82) is 0 Å². The zero-order valence-electron chi connectivity index (χ0n) is 10.5. The summed E-state index contributed by atoms with van der Waals surface area (Å²) in [4.78, 5) is 0. The Kier molecular flexibility index (Phi) is 5.29. The molecule has 0 aliphatic rings. The summed E-state index contributed by atoms with van der Waals surface area (Å²) in [5, 5.41) is 3.22. The minimum Gasteiger partial charge on any atom is -0.467 e. The third kappa shape index (κ3) is 3.51. The number of benzene rings is 1. The maximum atomic E-state index is 5.59. The van der Waals surface area contributed by atoms with Crippen LogP contribution >= 0.6 is 0 Å².